The van der Waals surface area contributed by atoms with E-state index in [1.54, 1.807) is 11.8 Å². The van der Waals surface area contributed by atoms with Crippen LogP contribution in [0.25, 0.3) is 0 Å². The number of carbonyl (C=O) groups excluding carboxylic acids is 1. The number of aldehydes is 1. The number of hydrogen-bond acceptors (Lipinski definition) is 4. The minimum absolute atomic E-state index is 0.384. The van der Waals surface area contributed by atoms with Crippen molar-refractivity contribution in [2.45, 2.75) is 10.9 Å². The molecule has 0 unspecified atom stereocenters. The van der Waals surface area contributed by atoms with Gasteiger partial charge in [-0.1, -0.05) is 12.1 Å². The van der Waals surface area contributed by atoms with Gasteiger partial charge in [-0.05, 0) is 12.1 Å². The fourth-order valence-electron chi connectivity index (χ4n) is 1.02. The smallest absolute Gasteiger partial charge is 0.137 e. The van der Waals surface area contributed by atoms with E-state index in [0.717, 1.165) is 16.9 Å². The van der Waals surface area contributed by atoms with Gasteiger partial charge in [-0.2, -0.15) is 0 Å². The van der Waals surface area contributed by atoms with Crippen molar-refractivity contribution < 1.29 is 4.79 Å². The highest BCUT2D eigenvalue weighted by molar-refractivity contribution is 7.99. The summed E-state index contributed by atoms with van der Waals surface area (Å²) in [6.07, 6.45) is 0.773. The first kappa shape index (κ1) is 11.1. The monoisotopic (exact) mass is 210 g/mol. The molecule has 3 N–H and O–H groups in total. The first-order chi connectivity index (χ1) is 6.77. The Kier molecular flexibility index (Phi) is 4.49. The normalized spacial score (nSPS) is 12.1. The molecule has 0 fully saturated rings. The summed E-state index contributed by atoms with van der Waals surface area (Å²) < 4.78 is 0. The molecule has 0 aliphatic heterocycles. The summed E-state index contributed by atoms with van der Waals surface area (Å²) in [5, 5.41) is 3.09. The van der Waals surface area contributed by atoms with E-state index >= 15 is 0 Å². The number of carbonyl (C=O) groups is 1. The molecule has 1 atom stereocenters. The standard InChI is InChI=1S/C10H14N2OS/c1-12-9-4-2-3-5-10(9)14-7-8(11)6-13/h2-6,8,12H,7,11H2,1H3/t8-/m1/s1. The van der Waals surface area contributed by atoms with E-state index in [4.69, 9.17) is 5.73 Å². The number of nitrogens with two attached hydrogens (primary N) is 1. The Morgan fingerprint density at radius 1 is 1.57 bits per heavy atom. The van der Waals surface area contributed by atoms with Crippen LogP contribution in [0.15, 0.2) is 29.2 Å². The molecule has 0 amide bonds. The first-order valence-corrected chi connectivity index (χ1v) is 5.37. The highest BCUT2D eigenvalue weighted by Crippen LogP contribution is 2.26. The van der Waals surface area contributed by atoms with Crippen molar-refractivity contribution in [2.75, 3.05) is 18.1 Å². The van der Waals surface area contributed by atoms with Gasteiger partial charge in [0.2, 0.25) is 0 Å². The molecule has 0 radical (unpaired) electrons. The fourth-order valence-corrected chi connectivity index (χ4v) is 1.98. The Hall–Kier alpha value is -1.00. The number of nitrogens with one attached hydrogen (secondary N) is 1. The van der Waals surface area contributed by atoms with Gasteiger partial charge in [-0.15, -0.1) is 11.8 Å². The van der Waals surface area contributed by atoms with Crippen LogP contribution in [0.4, 0.5) is 5.69 Å². The van der Waals surface area contributed by atoms with Crippen LogP contribution in [-0.2, 0) is 4.79 Å². The Labute approximate surface area is 88.1 Å². The molecule has 0 aromatic heterocycles. The quantitative estimate of drug-likeness (QED) is 0.569. The van der Waals surface area contributed by atoms with E-state index in [-0.39, 0.29) is 6.04 Å². The lowest BCUT2D eigenvalue weighted by atomic mass is 10.3. The molecule has 0 saturated carbocycles. The highest BCUT2D eigenvalue weighted by atomic mass is 32.2. The van der Waals surface area contributed by atoms with Gasteiger partial charge in [0.05, 0.1) is 6.04 Å². The van der Waals surface area contributed by atoms with Gasteiger partial charge in [-0.3, -0.25) is 0 Å². The van der Waals surface area contributed by atoms with Crippen molar-refractivity contribution in [2.24, 2.45) is 5.73 Å². The summed E-state index contributed by atoms with van der Waals surface area (Å²) in [5.74, 6) is 0.613. The molecule has 1 aromatic carbocycles. The van der Waals surface area contributed by atoms with E-state index in [1.807, 2.05) is 31.3 Å². The van der Waals surface area contributed by atoms with Crippen LogP contribution in [0.5, 0.6) is 0 Å². The Morgan fingerprint density at radius 2 is 2.29 bits per heavy atom. The molecule has 0 aliphatic rings. The molecular weight excluding hydrogens is 196 g/mol. The van der Waals surface area contributed by atoms with Gasteiger partial charge in [0.1, 0.15) is 6.29 Å². The van der Waals surface area contributed by atoms with E-state index in [9.17, 15) is 4.79 Å². The SMILES string of the molecule is CNc1ccccc1SC[C@H](N)C=O. The zero-order chi connectivity index (χ0) is 10.4. The molecule has 76 valence electrons. The zero-order valence-corrected chi connectivity index (χ0v) is 8.88. The van der Waals surface area contributed by atoms with Crippen LogP contribution in [0.1, 0.15) is 0 Å². The third-order valence-electron chi connectivity index (χ3n) is 1.76. The van der Waals surface area contributed by atoms with Gasteiger partial charge in [0.15, 0.2) is 0 Å². The Balaban J connectivity index is 2.61. The molecule has 0 saturated heterocycles. The van der Waals surface area contributed by atoms with Crippen LogP contribution in [0.3, 0.4) is 0 Å². The maximum absolute atomic E-state index is 10.3. The topological polar surface area (TPSA) is 55.1 Å². The largest absolute Gasteiger partial charge is 0.387 e. The van der Waals surface area contributed by atoms with Crippen molar-refractivity contribution >= 4 is 23.7 Å². The highest BCUT2D eigenvalue weighted by Gasteiger charge is 2.04. The average molecular weight is 210 g/mol. The van der Waals surface area contributed by atoms with Crippen molar-refractivity contribution in [1.29, 1.82) is 0 Å². The summed E-state index contributed by atoms with van der Waals surface area (Å²) in [7, 11) is 1.87. The number of hydrogen-bond donors (Lipinski definition) is 2. The summed E-state index contributed by atoms with van der Waals surface area (Å²) in [5.41, 5.74) is 6.57. The average Bonchev–Trinajstić information content (AvgIpc) is 2.26. The van der Waals surface area contributed by atoms with E-state index in [2.05, 4.69) is 5.32 Å². The summed E-state index contributed by atoms with van der Waals surface area (Å²) >= 11 is 1.59. The predicted molar refractivity (Wildman–Crippen MR) is 60.8 cm³/mol. The van der Waals surface area contributed by atoms with Crippen LogP contribution < -0.4 is 11.1 Å². The number of anilines is 1. The molecule has 0 aliphatic carbocycles. The third-order valence-corrected chi connectivity index (χ3v) is 2.98. The van der Waals surface area contributed by atoms with Gasteiger partial charge in [0.25, 0.3) is 0 Å². The lowest BCUT2D eigenvalue weighted by Crippen LogP contribution is -2.24. The summed E-state index contributed by atoms with van der Waals surface area (Å²) in [6, 6.07) is 7.55. The molecule has 0 spiro atoms. The molecule has 4 heteroatoms. The second-order valence-electron chi connectivity index (χ2n) is 2.86. The van der Waals surface area contributed by atoms with Crippen molar-refractivity contribution in [3.63, 3.8) is 0 Å². The second kappa shape index (κ2) is 5.67. The lowest BCUT2D eigenvalue weighted by Gasteiger charge is -2.08. The van der Waals surface area contributed by atoms with Crippen LogP contribution in [-0.4, -0.2) is 25.1 Å². The van der Waals surface area contributed by atoms with Gasteiger partial charge in [-0.25, -0.2) is 0 Å². The zero-order valence-electron chi connectivity index (χ0n) is 8.07. The summed E-state index contributed by atoms with van der Waals surface area (Å²) in [4.78, 5) is 11.4. The van der Waals surface area contributed by atoms with Gasteiger partial charge < -0.3 is 15.8 Å². The number of benzene rings is 1. The molecule has 14 heavy (non-hydrogen) atoms. The predicted octanol–water partition coefficient (Wildman–Crippen LogP) is 1.35. The van der Waals surface area contributed by atoms with Gasteiger partial charge >= 0.3 is 0 Å². The van der Waals surface area contributed by atoms with Gasteiger partial charge in [0, 0.05) is 23.4 Å². The Bertz CT molecular complexity index is 304. The summed E-state index contributed by atoms with van der Waals surface area (Å²) in [6.45, 7) is 0. The van der Waals surface area contributed by atoms with Crippen LogP contribution in [0, 0.1) is 0 Å². The number of thioether (sulfide) groups is 1. The number of rotatable bonds is 5. The Morgan fingerprint density at radius 3 is 2.93 bits per heavy atom. The molecular formula is C10H14N2OS. The third kappa shape index (κ3) is 3.05. The molecule has 3 nitrogen and oxygen atoms in total. The maximum Gasteiger partial charge on any atom is 0.137 e. The van der Waals surface area contributed by atoms with Crippen molar-refractivity contribution in [3.8, 4) is 0 Å². The lowest BCUT2D eigenvalue weighted by molar-refractivity contribution is -0.108. The first-order valence-electron chi connectivity index (χ1n) is 4.38. The van der Waals surface area contributed by atoms with Crippen molar-refractivity contribution in [1.82, 2.24) is 0 Å². The van der Waals surface area contributed by atoms with Crippen LogP contribution in [0.2, 0.25) is 0 Å². The molecule has 0 bridgehead atoms. The van der Waals surface area contributed by atoms with Crippen LogP contribution >= 0.6 is 11.8 Å². The number of para-hydroxylation sites is 1. The van der Waals surface area contributed by atoms with E-state index < -0.39 is 0 Å². The van der Waals surface area contributed by atoms with E-state index in [1.165, 1.54) is 0 Å². The minimum atomic E-state index is -0.384. The molecule has 1 aromatic rings. The maximum atomic E-state index is 10.3. The molecule has 1 rings (SSSR count). The molecule has 0 heterocycles. The minimum Gasteiger partial charge on any atom is -0.387 e. The fraction of sp³-hybridized carbons (Fsp3) is 0.300. The van der Waals surface area contributed by atoms with Crippen molar-refractivity contribution in [3.05, 3.63) is 24.3 Å². The second-order valence-corrected chi connectivity index (χ2v) is 3.92. The van der Waals surface area contributed by atoms with E-state index in [0.29, 0.717) is 5.75 Å².